The number of nitrogens with one attached hydrogen (secondary N) is 1. The number of rotatable bonds is 4. The number of nitrogens with zero attached hydrogens (tertiary/aromatic N) is 1. The number of fused-ring (bicyclic) bond motifs is 1. The first kappa shape index (κ1) is 20.7. The number of phenolic OH excluding ortho intramolecular Hbond substituents is 1. The molecule has 0 spiro atoms. The van der Waals surface area contributed by atoms with Crippen LogP contribution >= 0.6 is 0 Å². The molecule has 0 saturated heterocycles. The number of carbonyl (C=O) groups excluding carboxylic acids is 2. The van der Waals surface area contributed by atoms with E-state index in [9.17, 15) is 14.7 Å². The molecule has 4 rings (SSSR count). The average Bonchev–Trinajstić information content (AvgIpc) is 2.99. The Kier molecular flexibility index (Phi) is 5.27. The summed E-state index contributed by atoms with van der Waals surface area (Å²) in [5, 5.41) is 12.9. The number of amides is 2. The molecule has 5 nitrogen and oxygen atoms in total. The molecule has 1 aliphatic rings. The van der Waals surface area contributed by atoms with Gasteiger partial charge in [-0.25, -0.2) is 0 Å². The molecule has 5 heteroatoms. The van der Waals surface area contributed by atoms with Crippen molar-refractivity contribution in [2.45, 2.75) is 38.9 Å². The van der Waals surface area contributed by atoms with Gasteiger partial charge in [-0.2, -0.15) is 0 Å². The minimum Gasteiger partial charge on any atom is -0.508 e. The highest BCUT2D eigenvalue weighted by molar-refractivity contribution is 6.05. The lowest BCUT2D eigenvalue weighted by Gasteiger charge is -2.29. The number of benzene rings is 3. The highest BCUT2D eigenvalue weighted by Crippen LogP contribution is 2.38. The zero-order valence-electron chi connectivity index (χ0n) is 17.9. The van der Waals surface area contributed by atoms with E-state index in [0.29, 0.717) is 11.1 Å². The van der Waals surface area contributed by atoms with Crippen molar-refractivity contribution in [2.24, 2.45) is 0 Å². The molecule has 0 radical (unpaired) electrons. The smallest absolute Gasteiger partial charge is 0.255 e. The van der Waals surface area contributed by atoms with Crippen molar-refractivity contribution in [2.75, 3.05) is 0 Å². The van der Waals surface area contributed by atoms with Crippen LogP contribution in [0.5, 0.6) is 5.75 Å². The van der Waals surface area contributed by atoms with Crippen molar-refractivity contribution in [1.82, 2.24) is 10.2 Å². The van der Waals surface area contributed by atoms with Crippen LogP contribution in [0.1, 0.15) is 48.3 Å². The fourth-order valence-corrected chi connectivity index (χ4v) is 4.03. The molecular weight excluding hydrogens is 388 g/mol. The third-order valence-electron chi connectivity index (χ3n) is 5.32. The Labute approximate surface area is 182 Å². The Balaban J connectivity index is 1.75. The Bertz CT molecular complexity index is 1130. The van der Waals surface area contributed by atoms with E-state index in [-0.39, 0.29) is 24.1 Å². The summed E-state index contributed by atoms with van der Waals surface area (Å²) in [6.45, 7) is 6.01. The lowest BCUT2D eigenvalue weighted by atomic mass is 9.98. The molecule has 3 aromatic carbocycles. The molecule has 31 heavy (non-hydrogen) atoms. The first-order chi connectivity index (χ1) is 14.7. The van der Waals surface area contributed by atoms with Gasteiger partial charge in [-0.05, 0) is 55.2 Å². The van der Waals surface area contributed by atoms with Crippen LogP contribution in [0, 0.1) is 0 Å². The molecule has 1 unspecified atom stereocenters. The van der Waals surface area contributed by atoms with Crippen LogP contribution in [0.15, 0.2) is 72.8 Å². The average molecular weight is 415 g/mol. The van der Waals surface area contributed by atoms with Gasteiger partial charge < -0.3 is 15.3 Å². The summed E-state index contributed by atoms with van der Waals surface area (Å²) in [4.78, 5) is 28.1. The van der Waals surface area contributed by atoms with Crippen LogP contribution in [0.2, 0.25) is 0 Å². The summed E-state index contributed by atoms with van der Waals surface area (Å²) in [6, 6.07) is 21.8. The second-order valence-corrected chi connectivity index (χ2v) is 8.87. The van der Waals surface area contributed by atoms with Gasteiger partial charge in [0.05, 0.1) is 0 Å². The zero-order chi connectivity index (χ0) is 22.2. The fraction of sp³-hybridized carbons (Fsp3) is 0.231. The summed E-state index contributed by atoms with van der Waals surface area (Å²) in [5.41, 5.74) is 3.56. The van der Waals surface area contributed by atoms with E-state index in [1.807, 2.05) is 75.4 Å². The highest BCUT2D eigenvalue weighted by Gasteiger charge is 2.42. The van der Waals surface area contributed by atoms with Crippen LogP contribution in [0.4, 0.5) is 0 Å². The first-order valence-electron chi connectivity index (χ1n) is 10.3. The van der Waals surface area contributed by atoms with Gasteiger partial charge in [-0.1, -0.05) is 60.7 Å². The van der Waals surface area contributed by atoms with Crippen molar-refractivity contribution >= 4 is 11.8 Å². The minimum atomic E-state index is -0.758. The summed E-state index contributed by atoms with van der Waals surface area (Å²) < 4.78 is 0. The molecule has 0 fully saturated rings. The molecule has 0 aromatic heterocycles. The number of hydrogen-bond acceptors (Lipinski definition) is 3. The highest BCUT2D eigenvalue weighted by atomic mass is 16.3. The normalized spacial score (nSPS) is 15.6. The minimum absolute atomic E-state index is 0.00798. The van der Waals surface area contributed by atoms with E-state index >= 15 is 0 Å². The Morgan fingerprint density at radius 1 is 0.968 bits per heavy atom. The van der Waals surface area contributed by atoms with Gasteiger partial charge in [-0.15, -0.1) is 0 Å². The molecule has 0 bridgehead atoms. The Hall–Kier alpha value is -3.60. The molecule has 0 saturated carbocycles. The molecular formula is C26H26N2O3. The maximum Gasteiger partial charge on any atom is 0.255 e. The lowest BCUT2D eigenvalue weighted by Crippen LogP contribution is -2.46. The van der Waals surface area contributed by atoms with Crippen molar-refractivity contribution in [3.63, 3.8) is 0 Å². The first-order valence-corrected chi connectivity index (χ1v) is 10.3. The number of carbonyl (C=O) groups is 2. The Morgan fingerprint density at radius 3 is 2.35 bits per heavy atom. The van der Waals surface area contributed by atoms with E-state index < -0.39 is 11.6 Å². The lowest BCUT2D eigenvalue weighted by molar-refractivity contribution is -0.127. The molecule has 2 N–H and O–H groups in total. The van der Waals surface area contributed by atoms with E-state index in [2.05, 4.69) is 5.32 Å². The second kappa shape index (κ2) is 7.91. The monoisotopic (exact) mass is 414 g/mol. The van der Waals surface area contributed by atoms with Gasteiger partial charge in [0.15, 0.2) is 0 Å². The zero-order valence-corrected chi connectivity index (χ0v) is 17.9. The third-order valence-corrected chi connectivity index (χ3v) is 5.32. The predicted molar refractivity (Wildman–Crippen MR) is 120 cm³/mol. The molecule has 1 atom stereocenters. The molecule has 0 aliphatic carbocycles. The van der Waals surface area contributed by atoms with Crippen LogP contribution < -0.4 is 5.32 Å². The largest absolute Gasteiger partial charge is 0.508 e. The van der Waals surface area contributed by atoms with Gasteiger partial charge >= 0.3 is 0 Å². The summed E-state index contributed by atoms with van der Waals surface area (Å²) in [5.74, 6) is -0.487. The van der Waals surface area contributed by atoms with Crippen molar-refractivity contribution in [3.8, 4) is 16.9 Å². The van der Waals surface area contributed by atoms with Crippen molar-refractivity contribution < 1.29 is 14.7 Å². The summed E-state index contributed by atoms with van der Waals surface area (Å²) >= 11 is 0. The molecule has 1 heterocycles. The molecule has 158 valence electrons. The van der Waals surface area contributed by atoms with Gasteiger partial charge in [0, 0.05) is 17.6 Å². The molecule has 2 amide bonds. The van der Waals surface area contributed by atoms with Crippen LogP contribution in [-0.4, -0.2) is 27.4 Å². The SMILES string of the molecule is CC(C)(C)NC(=O)C1c2ccc(O)cc2C(=O)N1Cc1ccccc1-c1ccccc1. The van der Waals surface area contributed by atoms with Crippen LogP contribution in [-0.2, 0) is 11.3 Å². The molecule has 3 aromatic rings. The fourth-order valence-electron chi connectivity index (χ4n) is 4.03. The summed E-state index contributed by atoms with van der Waals surface area (Å²) in [6.07, 6.45) is 0. The predicted octanol–water partition coefficient (Wildman–Crippen LogP) is 4.67. The van der Waals surface area contributed by atoms with Crippen LogP contribution in [0.3, 0.4) is 0 Å². The third kappa shape index (κ3) is 4.17. The van der Waals surface area contributed by atoms with E-state index in [1.54, 1.807) is 11.0 Å². The number of hydrogen-bond donors (Lipinski definition) is 2. The van der Waals surface area contributed by atoms with Gasteiger partial charge in [0.2, 0.25) is 5.91 Å². The topological polar surface area (TPSA) is 69.6 Å². The maximum atomic E-state index is 13.3. The number of phenols is 1. The quantitative estimate of drug-likeness (QED) is 0.652. The summed E-state index contributed by atoms with van der Waals surface area (Å²) in [7, 11) is 0. The van der Waals surface area contributed by atoms with Gasteiger partial charge in [0.25, 0.3) is 5.91 Å². The maximum absolute atomic E-state index is 13.3. The molecule has 1 aliphatic heterocycles. The van der Waals surface area contributed by atoms with Crippen molar-refractivity contribution in [1.29, 1.82) is 0 Å². The van der Waals surface area contributed by atoms with E-state index in [4.69, 9.17) is 0 Å². The standard InChI is InChI=1S/C26H26N2O3/c1-26(2,3)27-24(30)23-21-14-13-19(29)15-22(21)25(31)28(23)16-18-11-7-8-12-20(18)17-9-5-4-6-10-17/h4-15,23,29H,16H2,1-3H3,(H,27,30). The van der Waals surface area contributed by atoms with Crippen molar-refractivity contribution in [3.05, 3.63) is 89.5 Å². The van der Waals surface area contributed by atoms with Crippen LogP contribution in [0.25, 0.3) is 11.1 Å². The van der Waals surface area contributed by atoms with E-state index in [1.165, 1.54) is 12.1 Å². The second-order valence-electron chi connectivity index (χ2n) is 8.87. The van der Waals surface area contributed by atoms with Gasteiger partial charge in [-0.3, -0.25) is 9.59 Å². The van der Waals surface area contributed by atoms with E-state index in [0.717, 1.165) is 16.7 Å². The number of aromatic hydroxyl groups is 1. The van der Waals surface area contributed by atoms with Gasteiger partial charge in [0.1, 0.15) is 11.8 Å². The Morgan fingerprint density at radius 2 is 1.65 bits per heavy atom.